The Bertz CT molecular complexity index is 687. The summed E-state index contributed by atoms with van der Waals surface area (Å²) in [4.78, 5) is 11.0. The summed E-state index contributed by atoms with van der Waals surface area (Å²) in [6, 6.07) is 17.3. The molecule has 2 aromatic rings. The first kappa shape index (κ1) is 19.8. The second-order valence-electron chi connectivity index (χ2n) is 5.17. The molecule has 0 saturated carbocycles. The zero-order valence-corrected chi connectivity index (χ0v) is 15.2. The average Bonchev–Trinajstić information content (AvgIpc) is 2.65. The van der Waals surface area contributed by atoms with Gasteiger partial charge in [-0.1, -0.05) is 43.0 Å². The standard InChI is InChI=1S/C19H21O6P/c1-2-19(20)22-15-9-10-16-23-26(21,24-17-11-5-3-6-12-17)25-18-13-7-4-8-14-18/h2-8,11-14H,1,9-10,15-16H2. The Morgan fingerprint density at radius 1 is 0.885 bits per heavy atom. The Hall–Kier alpha value is -2.56. The van der Waals surface area contributed by atoms with Crippen molar-refractivity contribution < 1.29 is 27.7 Å². The number of hydrogen-bond donors (Lipinski definition) is 0. The van der Waals surface area contributed by atoms with E-state index < -0.39 is 13.8 Å². The highest BCUT2D eigenvalue weighted by molar-refractivity contribution is 7.49. The van der Waals surface area contributed by atoms with E-state index in [1.165, 1.54) is 0 Å². The summed E-state index contributed by atoms with van der Waals surface area (Å²) in [7, 11) is -3.86. The van der Waals surface area contributed by atoms with Gasteiger partial charge in [-0.2, -0.15) is 0 Å². The van der Waals surface area contributed by atoms with E-state index in [0.29, 0.717) is 24.3 Å². The Labute approximate surface area is 153 Å². The van der Waals surface area contributed by atoms with Crippen LogP contribution in [0.3, 0.4) is 0 Å². The van der Waals surface area contributed by atoms with Crippen LogP contribution in [0, 0.1) is 0 Å². The minimum Gasteiger partial charge on any atom is -0.463 e. The summed E-state index contributed by atoms with van der Waals surface area (Å²) in [6.07, 6.45) is 2.17. The number of carbonyl (C=O) groups is 1. The highest BCUT2D eigenvalue weighted by atomic mass is 31.2. The summed E-state index contributed by atoms with van der Waals surface area (Å²) < 4.78 is 34.2. The topological polar surface area (TPSA) is 71.1 Å². The van der Waals surface area contributed by atoms with Crippen molar-refractivity contribution in [3.63, 3.8) is 0 Å². The zero-order valence-electron chi connectivity index (χ0n) is 14.3. The predicted octanol–water partition coefficient (Wildman–Crippen LogP) is 4.78. The van der Waals surface area contributed by atoms with Crippen LogP contribution >= 0.6 is 7.82 Å². The van der Waals surface area contributed by atoms with Crippen molar-refractivity contribution in [1.82, 2.24) is 0 Å². The summed E-state index contributed by atoms with van der Waals surface area (Å²) in [6.45, 7) is 3.68. The number of rotatable bonds is 11. The zero-order chi connectivity index (χ0) is 18.7. The molecule has 0 aliphatic carbocycles. The van der Waals surface area contributed by atoms with E-state index in [1.807, 2.05) is 12.1 Å². The van der Waals surface area contributed by atoms with Crippen molar-refractivity contribution in [3.05, 3.63) is 73.3 Å². The van der Waals surface area contributed by atoms with Crippen molar-refractivity contribution in [2.24, 2.45) is 0 Å². The van der Waals surface area contributed by atoms with E-state index in [2.05, 4.69) is 6.58 Å². The third-order valence-corrected chi connectivity index (χ3v) is 4.49. The molecule has 0 aromatic heterocycles. The Kier molecular flexibility index (Phi) is 7.93. The Morgan fingerprint density at radius 2 is 1.38 bits per heavy atom. The van der Waals surface area contributed by atoms with Crippen molar-refractivity contribution in [2.75, 3.05) is 13.2 Å². The second kappa shape index (κ2) is 10.4. The molecule has 0 unspecified atom stereocenters. The molecular formula is C19H21O6P. The summed E-state index contributed by atoms with van der Waals surface area (Å²) >= 11 is 0. The summed E-state index contributed by atoms with van der Waals surface area (Å²) in [5, 5.41) is 0. The van der Waals surface area contributed by atoms with Crippen molar-refractivity contribution in [3.8, 4) is 11.5 Å². The molecule has 0 heterocycles. The van der Waals surface area contributed by atoms with E-state index in [4.69, 9.17) is 18.3 Å². The Morgan fingerprint density at radius 3 is 1.88 bits per heavy atom. The smallest absolute Gasteiger partial charge is 0.463 e. The lowest BCUT2D eigenvalue weighted by Gasteiger charge is -2.19. The van der Waals surface area contributed by atoms with Crippen LogP contribution in [0.1, 0.15) is 12.8 Å². The maximum absolute atomic E-state index is 13.0. The van der Waals surface area contributed by atoms with Gasteiger partial charge in [0, 0.05) is 6.08 Å². The van der Waals surface area contributed by atoms with Crippen LogP contribution in [0.25, 0.3) is 0 Å². The number of carbonyl (C=O) groups excluding carboxylic acids is 1. The van der Waals surface area contributed by atoms with E-state index in [1.54, 1.807) is 48.5 Å². The van der Waals surface area contributed by atoms with Crippen LogP contribution in [0.15, 0.2) is 73.3 Å². The number of hydrogen-bond acceptors (Lipinski definition) is 6. The average molecular weight is 376 g/mol. The largest absolute Gasteiger partial charge is 0.587 e. The van der Waals surface area contributed by atoms with E-state index in [9.17, 15) is 9.36 Å². The van der Waals surface area contributed by atoms with E-state index in [0.717, 1.165) is 6.08 Å². The molecule has 0 aliphatic rings. The fraction of sp³-hybridized carbons (Fsp3) is 0.211. The van der Waals surface area contributed by atoms with Gasteiger partial charge in [0.15, 0.2) is 0 Å². The van der Waals surface area contributed by atoms with Gasteiger partial charge < -0.3 is 13.8 Å². The molecule has 0 fully saturated rings. The van der Waals surface area contributed by atoms with E-state index in [-0.39, 0.29) is 13.2 Å². The maximum Gasteiger partial charge on any atom is 0.587 e. The van der Waals surface area contributed by atoms with Gasteiger partial charge in [-0.25, -0.2) is 9.36 Å². The first-order valence-corrected chi connectivity index (χ1v) is 9.60. The van der Waals surface area contributed by atoms with Crippen LogP contribution in [0.2, 0.25) is 0 Å². The normalized spacial score (nSPS) is 10.8. The van der Waals surface area contributed by atoms with E-state index >= 15 is 0 Å². The van der Waals surface area contributed by atoms with Crippen LogP contribution < -0.4 is 9.05 Å². The van der Waals surface area contributed by atoms with Crippen LogP contribution in [-0.4, -0.2) is 19.2 Å². The predicted molar refractivity (Wildman–Crippen MR) is 98.1 cm³/mol. The molecule has 0 spiro atoms. The number of para-hydroxylation sites is 2. The maximum atomic E-state index is 13.0. The molecule has 0 radical (unpaired) electrons. The molecule has 26 heavy (non-hydrogen) atoms. The van der Waals surface area contributed by atoms with Gasteiger partial charge in [0.25, 0.3) is 0 Å². The fourth-order valence-corrected chi connectivity index (χ4v) is 3.16. The third-order valence-electron chi connectivity index (χ3n) is 3.12. The van der Waals surface area contributed by atoms with Crippen LogP contribution in [0.4, 0.5) is 0 Å². The van der Waals surface area contributed by atoms with Crippen LogP contribution in [0.5, 0.6) is 11.5 Å². The minimum atomic E-state index is -3.86. The summed E-state index contributed by atoms with van der Waals surface area (Å²) in [5.74, 6) is 0.287. The van der Waals surface area contributed by atoms with Gasteiger partial charge in [-0.3, -0.25) is 4.52 Å². The molecule has 0 saturated heterocycles. The molecule has 2 aromatic carbocycles. The lowest BCUT2D eigenvalue weighted by Crippen LogP contribution is -2.07. The molecule has 7 heteroatoms. The molecule has 2 rings (SSSR count). The second-order valence-corrected chi connectivity index (χ2v) is 6.69. The molecule has 0 N–H and O–H groups in total. The van der Waals surface area contributed by atoms with Gasteiger partial charge in [-0.15, -0.1) is 0 Å². The van der Waals surface area contributed by atoms with Gasteiger partial charge in [0.1, 0.15) is 11.5 Å². The number of phosphoric acid groups is 1. The number of ether oxygens (including phenoxy) is 1. The highest BCUT2D eigenvalue weighted by Gasteiger charge is 2.30. The lowest BCUT2D eigenvalue weighted by molar-refractivity contribution is -0.137. The van der Waals surface area contributed by atoms with Gasteiger partial charge >= 0.3 is 13.8 Å². The number of phosphoric ester groups is 1. The number of benzene rings is 2. The highest BCUT2D eigenvalue weighted by Crippen LogP contribution is 2.49. The fourth-order valence-electron chi connectivity index (χ4n) is 1.90. The van der Waals surface area contributed by atoms with Crippen molar-refractivity contribution in [2.45, 2.75) is 12.8 Å². The SMILES string of the molecule is C=CC(=O)OCCCCOP(=O)(Oc1ccccc1)Oc1ccccc1. The number of esters is 1. The molecule has 0 aliphatic heterocycles. The lowest BCUT2D eigenvalue weighted by atomic mass is 10.3. The Balaban J connectivity index is 1.91. The quantitative estimate of drug-likeness (QED) is 0.243. The van der Waals surface area contributed by atoms with Crippen molar-refractivity contribution >= 4 is 13.8 Å². The number of unbranched alkanes of at least 4 members (excludes halogenated alkanes) is 1. The van der Waals surface area contributed by atoms with Crippen molar-refractivity contribution in [1.29, 1.82) is 0 Å². The first-order valence-electron chi connectivity index (χ1n) is 8.14. The van der Waals surface area contributed by atoms with Gasteiger partial charge in [0.2, 0.25) is 0 Å². The molecule has 6 nitrogen and oxygen atoms in total. The van der Waals surface area contributed by atoms with Crippen LogP contribution in [-0.2, 0) is 18.6 Å². The molecule has 0 bridgehead atoms. The first-order chi connectivity index (χ1) is 12.6. The molecule has 138 valence electrons. The monoisotopic (exact) mass is 376 g/mol. The summed E-state index contributed by atoms with van der Waals surface area (Å²) in [5.41, 5.74) is 0. The molecule has 0 amide bonds. The third kappa shape index (κ3) is 7.13. The van der Waals surface area contributed by atoms with Gasteiger partial charge in [-0.05, 0) is 37.1 Å². The minimum absolute atomic E-state index is 0.128. The molecule has 0 atom stereocenters. The van der Waals surface area contributed by atoms with Gasteiger partial charge in [0.05, 0.1) is 13.2 Å². The molecular weight excluding hydrogens is 355 g/mol.